The molecule has 26 heavy (non-hydrogen) atoms. The number of nitrogens with zero attached hydrogens (tertiary/aromatic N) is 2. The molecule has 2 amide bonds. The number of amides is 2. The standard InChI is InChI=1S/C20H27FN2O3/c1-14-12-23(13-15(2)26-14)20(25)17-7-9-22(10-8-17)19(24)11-16-3-5-18(21)6-4-16/h3-6,14-15,17H,7-13H2,1-2H3/t14-,15-/m0/s1. The molecule has 6 heteroatoms. The van der Waals surface area contributed by atoms with E-state index >= 15 is 0 Å². The van der Waals surface area contributed by atoms with Gasteiger partial charge in [0.15, 0.2) is 0 Å². The zero-order valence-corrected chi connectivity index (χ0v) is 15.5. The Bertz CT molecular complexity index is 631. The van der Waals surface area contributed by atoms with Crippen molar-refractivity contribution < 1.29 is 18.7 Å². The van der Waals surface area contributed by atoms with E-state index in [2.05, 4.69) is 0 Å². The third-order valence-electron chi connectivity index (χ3n) is 5.20. The lowest BCUT2D eigenvalue weighted by Gasteiger charge is -2.39. The molecule has 0 aromatic heterocycles. The summed E-state index contributed by atoms with van der Waals surface area (Å²) in [4.78, 5) is 28.9. The van der Waals surface area contributed by atoms with Crippen molar-refractivity contribution >= 4 is 11.8 Å². The van der Waals surface area contributed by atoms with Crippen molar-refractivity contribution in [3.8, 4) is 0 Å². The first-order chi connectivity index (χ1) is 12.4. The maximum Gasteiger partial charge on any atom is 0.226 e. The van der Waals surface area contributed by atoms with Gasteiger partial charge in [-0.25, -0.2) is 4.39 Å². The lowest BCUT2D eigenvalue weighted by atomic mass is 9.94. The van der Waals surface area contributed by atoms with E-state index in [1.54, 1.807) is 12.1 Å². The van der Waals surface area contributed by atoms with E-state index in [4.69, 9.17) is 4.74 Å². The third-order valence-corrected chi connectivity index (χ3v) is 5.20. The molecule has 1 aromatic carbocycles. The smallest absolute Gasteiger partial charge is 0.226 e. The Kier molecular flexibility index (Phi) is 5.91. The second kappa shape index (κ2) is 8.16. The number of halogens is 1. The highest BCUT2D eigenvalue weighted by molar-refractivity contribution is 5.81. The summed E-state index contributed by atoms with van der Waals surface area (Å²) in [6.45, 7) is 6.48. The highest BCUT2D eigenvalue weighted by atomic mass is 19.1. The molecule has 0 saturated carbocycles. The quantitative estimate of drug-likeness (QED) is 0.829. The largest absolute Gasteiger partial charge is 0.372 e. The lowest BCUT2D eigenvalue weighted by Crippen LogP contribution is -2.51. The van der Waals surface area contributed by atoms with Crippen LogP contribution in [0.2, 0.25) is 0 Å². The van der Waals surface area contributed by atoms with E-state index in [0.717, 1.165) is 5.56 Å². The number of morpholine rings is 1. The Hall–Kier alpha value is -1.95. The second-order valence-electron chi connectivity index (χ2n) is 7.46. The van der Waals surface area contributed by atoms with E-state index in [9.17, 15) is 14.0 Å². The fourth-order valence-corrected chi connectivity index (χ4v) is 3.88. The van der Waals surface area contributed by atoms with Crippen LogP contribution in [0.1, 0.15) is 32.3 Å². The van der Waals surface area contributed by atoms with Crippen molar-refractivity contribution in [2.24, 2.45) is 5.92 Å². The Morgan fingerprint density at radius 2 is 1.62 bits per heavy atom. The number of carbonyl (C=O) groups excluding carboxylic acids is 2. The van der Waals surface area contributed by atoms with Crippen LogP contribution in [0.15, 0.2) is 24.3 Å². The van der Waals surface area contributed by atoms with E-state index in [0.29, 0.717) is 39.0 Å². The van der Waals surface area contributed by atoms with Gasteiger partial charge >= 0.3 is 0 Å². The minimum Gasteiger partial charge on any atom is -0.372 e. The van der Waals surface area contributed by atoms with Crippen LogP contribution >= 0.6 is 0 Å². The molecule has 2 fully saturated rings. The molecule has 0 radical (unpaired) electrons. The van der Waals surface area contributed by atoms with Crippen LogP contribution in [0, 0.1) is 11.7 Å². The molecule has 0 spiro atoms. The minimum atomic E-state index is -0.299. The lowest BCUT2D eigenvalue weighted by molar-refractivity contribution is -0.150. The van der Waals surface area contributed by atoms with Crippen molar-refractivity contribution in [3.63, 3.8) is 0 Å². The van der Waals surface area contributed by atoms with Crippen LogP contribution in [0.4, 0.5) is 4.39 Å². The molecular formula is C20H27FN2O3. The average Bonchev–Trinajstić information content (AvgIpc) is 2.62. The number of hydrogen-bond acceptors (Lipinski definition) is 3. The zero-order chi connectivity index (χ0) is 18.7. The average molecular weight is 362 g/mol. The van der Waals surface area contributed by atoms with Crippen molar-refractivity contribution in [3.05, 3.63) is 35.6 Å². The first-order valence-electron chi connectivity index (χ1n) is 9.39. The Morgan fingerprint density at radius 3 is 2.19 bits per heavy atom. The van der Waals surface area contributed by atoms with Crippen molar-refractivity contribution in [2.75, 3.05) is 26.2 Å². The van der Waals surface area contributed by atoms with Gasteiger partial charge in [-0.15, -0.1) is 0 Å². The van der Waals surface area contributed by atoms with Crippen LogP contribution < -0.4 is 0 Å². The van der Waals surface area contributed by atoms with Crippen LogP contribution in [0.5, 0.6) is 0 Å². The van der Waals surface area contributed by atoms with E-state index in [-0.39, 0.29) is 42.2 Å². The number of hydrogen-bond donors (Lipinski definition) is 0. The molecule has 3 rings (SSSR count). The number of piperidine rings is 1. The van der Waals surface area contributed by atoms with Gasteiger partial charge in [0.05, 0.1) is 18.6 Å². The van der Waals surface area contributed by atoms with Crippen molar-refractivity contribution in [2.45, 2.75) is 45.3 Å². The molecule has 2 heterocycles. The van der Waals surface area contributed by atoms with Gasteiger partial charge < -0.3 is 14.5 Å². The number of rotatable bonds is 3. The summed E-state index contributed by atoms with van der Waals surface area (Å²) in [5, 5.41) is 0. The fourth-order valence-electron chi connectivity index (χ4n) is 3.88. The molecule has 5 nitrogen and oxygen atoms in total. The maximum absolute atomic E-state index is 13.0. The summed E-state index contributed by atoms with van der Waals surface area (Å²) in [5.41, 5.74) is 0.811. The fraction of sp³-hybridized carbons (Fsp3) is 0.600. The van der Waals surface area contributed by atoms with Gasteiger partial charge in [0, 0.05) is 32.1 Å². The summed E-state index contributed by atoms with van der Waals surface area (Å²) in [7, 11) is 0. The highest BCUT2D eigenvalue weighted by Crippen LogP contribution is 2.22. The highest BCUT2D eigenvalue weighted by Gasteiger charge is 2.33. The third kappa shape index (κ3) is 4.61. The number of ether oxygens (including phenoxy) is 1. The molecule has 0 N–H and O–H groups in total. The van der Waals surface area contributed by atoms with Gasteiger partial charge in [0.1, 0.15) is 5.82 Å². The van der Waals surface area contributed by atoms with Gasteiger partial charge in [-0.2, -0.15) is 0 Å². The Balaban J connectivity index is 1.49. The normalized spacial score (nSPS) is 24.6. The van der Waals surface area contributed by atoms with Crippen molar-refractivity contribution in [1.29, 1.82) is 0 Å². The number of benzene rings is 1. The van der Waals surface area contributed by atoms with E-state index < -0.39 is 0 Å². The summed E-state index contributed by atoms with van der Waals surface area (Å²) < 4.78 is 18.7. The first kappa shape index (κ1) is 18.8. The number of carbonyl (C=O) groups is 2. The van der Waals surface area contributed by atoms with Gasteiger partial charge in [0.25, 0.3) is 0 Å². The van der Waals surface area contributed by atoms with Crippen LogP contribution in [0.25, 0.3) is 0 Å². The second-order valence-corrected chi connectivity index (χ2v) is 7.46. The molecule has 2 aliphatic rings. The topological polar surface area (TPSA) is 49.9 Å². The van der Waals surface area contributed by atoms with Crippen LogP contribution in [-0.2, 0) is 20.7 Å². The zero-order valence-electron chi connectivity index (χ0n) is 15.5. The molecule has 2 atom stereocenters. The summed E-state index contributed by atoms with van der Waals surface area (Å²) in [5.74, 6) is -0.0802. The van der Waals surface area contributed by atoms with Gasteiger partial charge in [0.2, 0.25) is 11.8 Å². The predicted molar refractivity (Wildman–Crippen MR) is 96.0 cm³/mol. The predicted octanol–water partition coefficient (Wildman–Crippen LogP) is 2.24. The monoisotopic (exact) mass is 362 g/mol. The van der Waals surface area contributed by atoms with E-state index in [1.807, 2.05) is 23.6 Å². The van der Waals surface area contributed by atoms with Gasteiger partial charge in [-0.3, -0.25) is 9.59 Å². The molecule has 0 aliphatic carbocycles. The number of likely N-dealkylation sites (tertiary alicyclic amines) is 1. The molecule has 2 aliphatic heterocycles. The molecule has 2 saturated heterocycles. The molecular weight excluding hydrogens is 335 g/mol. The minimum absolute atomic E-state index is 0.0117. The molecule has 1 aromatic rings. The summed E-state index contributed by atoms with van der Waals surface area (Å²) in [6, 6.07) is 6.03. The Labute approximate surface area is 154 Å². The molecule has 0 bridgehead atoms. The maximum atomic E-state index is 13.0. The summed E-state index contributed by atoms with van der Waals surface area (Å²) in [6.07, 6.45) is 1.82. The first-order valence-corrected chi connectivity index (χ1v) is 9.39. The SMILES string of the molecule is C[C@H]1CN(C(=O)C2CCN(C(=O)Cc3ccc(F)cc3)CC2)C[C@H](C)O1. The van der Waals surface area contributed by atoms with Crippen molar-refractivity contribution in [1.82, 2.24) is 9.80 Å². The van der Waals surface area contributed by atoms with Crippen LogP contribution in [-0.4, -0.2) is 60.0 Å². The van der Waals surface area contributed by atoms with Crippen LogP contribution in [0.3, 0.4) is 0 Å². The molecule has 0 unspecified atom stereocenters. The Morgan fingerprint density at radius 1 is 1.04 bits per heavy atom. The van der Waals surface area contributed by atoms with E-state index in [1.165, 1.54) is 12.1 Å². The van der Waals surface area contributed by atoms with Gasteiger partial charge in [-0.05, 0) is 44.4 Å². The molecule has 142 valence electrons. The summed E-state index contributed by atoms with van der Waals surface area (Å²) >= 11 is 0. The van der Waals surface area contributed by atoms with Gasteiger partial charge in [-0.1, -0.05) is 12.1 Å².